The lowest BCUT2D eigenvalue weighted by Crippen LogP contribution is -1.95. The predicted molar refractivity (Wildman–Crippen MR) is 77.6 cm³/mol. The summed E-state index contributed by atoms with van der Waals surface area (Å²) in [6.07, 6.45) is 2.22. The van der Waals surface area contributed by atoms with Gasteiger partial charge in [-0.2, -0.15) is 0 Å². The van der Waals surface area contributed by atoms with Crippen molar-refractivity contribution in [3.63, 3.8) is 0 Å². The highest BCUT2D eigenvalue weighted by molar-refractivity contribution is 5.79. The molecule has 0 amide bonds. The first-order valence-electron chi connectivity index (χ1n) is 6.68. The van der Waals surface area contributed by atoms with Gasteiger partial charge in [-0.25, -0.2) is 8.78 Å². The fourth-order valence-electron chi connectivity index (χ4n) is 2.14. The number of hydrogen-bond acceptors (Lipinski definition) is 2. The first-order chi connectivity index (χ1) is 10.2. The van der Waals surface area contributed by atoms with Crippen LogP contribution >= 0.6 is 0 Å². The predicted octanol–water partition coefficient (Wildman–Crippen LogP) is 4.87. The molecule has 106 valence electrons. The molecular weight excluding hydrogens is 272 g/mol. The number of fused-ring (bicyclic) bond motifs is 1. The standard InChI is InChI=1S/C17H13F2NO/c1-2-11-8-14(18)17(15(19)9-11)21-13-6-5-12-4-3-7-20-16(12)10-13/h3-10H,2H2,1H3. The summed E-state index contributed by atoms with van der Waals surface area (Å²) in [5.41, 5.74) is 1.30. The first-order valence-corrected chi connectivity index (χ1v) is 6.68. The molecule has 4 heteroatoms. The SMILES string of the molecule is CCc1cc(F)c(Oc2ccc3cccnc3c2)c(F)c1. The van der Waals surface area contributed by atoms with Crippen LogP contribution < -0.4 is 4.74 Å². The molecule has 1 aromatic heterocycles. The van der Waals surface area contributed by atoms with Crippen LogP contribution in [-0.4, -0.2) is 4.98 Å². The number of aromatic nitrogens is 1. The third-order valence-electron chi connectivity index (χ3n) is 3.26. The zero-order valence-electron chi connectivity index (χ0n) is 11.4. The van der Waals surface area contributed by atoms with Crippen LogP contribution in [0.25, 0.3) is 10.9 Å². The number of aryl methyl sites for hydroxylation is 1. The summed E-state index contributed by atoms with van der Waals surface area (Å²) in [7, 11) is 0. The molecule has 0 aliphatic rings. The highest BCUT2D eigenvalue weighted by Gasteiger charge is 2.13. The molecule has 0 saturated carbocycles. The lowest BCUT2D eigenvalue weighted by atomic mass is 10.1. The van der Waals surface area contributed by atoms with Crippen LogP contribution in [0.1, 0.15) is 12.5 Å². The molecule has 0 aliphatic carbocycles. The van der Waals surface area contributed by atoms with Gasteiger partial charge in [0.1, 0.15) is 5.75 Å². The van der Waals surface area contributed by atoms with E-state index in [-0.39, 0.29) is 5.75 Å². The van der Waals surface area contributed by atoms with Gasteiger partial charge in [-0.3, -0.25) is 4.98 Å². The molecule has 0 spiro atoms. The van der Waals surface area contributed by atoms with E-state index in [2.05, 4.69) is 4.98 Å². The van der Waals surface area contributed by atoms with Crippen molar-refractivity contribution in [2.75, 3.05) is 0 Å². The molecule has 0 saturated heterocycles. The van der Waals surface area contributed by atoms with Gasteiger partial charge in [-0.1, -0.05) is 13.0 Å². The van der Waals surface area contributed by atoms with Crippen LogP contribution in [0, 0.1) is 11.6 Å². The van der Waals surface area contributed by atoms with Crippen molar-refractivity contribution in [3.8, 4) is 11.5 Å². The van der Waals surface area contributed by atoms with Crippen molar-refractivity contribution < 1.29 is 13.5 Å². The molecule has 1 heterocycles. The number of benzene rings is 2. The smallest absolute Gasteiger partial charge is 0.198 e. The average molecular weight is 285 g/mol. The Labute approximate surface area is 121 Å². The second kappa shape index (κ2) is 5.48. The summed E-state index contributed by atoms with van der Waals surface area (Å²) in [5.74, 6) is -1.44. The second-order valence-electron chi connectivity index (χ2n) is 4.70. The second-order valence-corrected chi connectivity index (χ2v) is 4.70. The van der Waals surface area contributed by atoms with E-state index in [1.54, 1.807) is 24.4 Å². The van der Waals surface area contributed by atoms with Gasteiger partial charge < -0.3 is 4.74 Å². The molecule has 3 aromatic rings. The van der Waals surface area contributed by atoms with Crippen molar-refractivity contribution >= 4 is 10.9 Å². The Morgan fingerprint density at radius 2 is 1.81 bits per heavy atom. The van der Waals surface area contributed by atoms with E-state index in [0.29, 0.717) is 23.3 Å². The largest absolute Gasteiger partial charge is 0.451 e. The summed E-state index contributed by atoms with van der Waals surface area (Å²) in [4.78, 5) is 4.19. The third-order valence-corrected chi connectivity index (χ3v) is 3.26. The van der Waals surface area contributed by atoms with Gasteiger partial charge in [0.25, 0.3) is 0 Å². The molecule has 3 rings (SSSR count). The molecule has 0 N–H and O–H groups in total. The molecule has 0 fully saturated rings. The minimum atomic E-state index is -0.701. The van der Waals surface area contributed by atoms with E-state index >= 15 is 0 Å². The highest BCUT2D eigenvalue weighted by atomic mass is 19.1. The van der Waals surface area contributed by atoms with Gasteiger partial charge in [0.2, 0.25) is 0 Å². The topological polar surface area (TPSA) is 22.1 Å². The Bertz CT molecular complexity index is 779. The molecule has 2 aromatic carbocycles. The number of hydrogen-bond donors (Lipinski definition) is 0. The zero-order valence-corrected chi connectivity index (χ0v) is 11.4. The molecule has 0 radical (unpaired) electrons. The van der Waals surface area contributed by atoms with E-state index in [4.69, 9.17) is 4.74 Å². The number of nitrogens with zero attached hydrogens (tertiary/aromatic N) is 1. The Morgan fingerprint density at radius 3 is 2.52 bits per heavy atom. The van der Waals surface area contributed by atoms with Crippen molar-refractivity contribution in [1.29, 1.82) is 0 Å². The van der Waals surface area contributed by atoms with E-state index in [0.717, 1.165) is 5.39 Å². The van der Waals surface area contributed by atoms with Gasteiger partial charge in [0.15, 0.2) is 17.4 Å². The van der Waals surface area contributed by atoms with Crippen molar-refractivity contribution in [1.82, 2.24) is 4.98 Å². The summed E-state index contributed by atoms with van der Waals surface area (Å²) < 4.78 is 33.2. The maximum Gasteiger partial charge on any atom is 0.198 e. The number of halogens is 2. The van der Waals surface area contributed by atoms with E-state index in [1.165, 1.54) is 12.1 Å². The molecule has 0 atom stereocenters. The Balaban J connectivity index is 1.98. The molecule has 2 nitrogen and oxygen atoms in total. The molecular formula is C17H13F2NO. The highest BCUT2D eigenvalue weighted by Crippen LogP contribution is 2.30. The monoisotopic (exact) mass is 285 g/mol. The Hall–Kier alpha value is -2.49. The van der Waals surface area contributed by atoms with E-state index in [1.807, 2.05) is 19.1 Å². The van der Waals surface area contributed by atoms with Crippen LogP contribution in [0.5, 0.6) is 11.5 Å². The van der Waals surface area contributed by atoms with Gasteiger partial charge in [-0.05, 0) is 42.3 Å². The van der Waals surface area contributed by atoms with Crippen LogP contribution in [0.2, 0.25) is 0 Å². The molecule has 0 aliphatic heterocycles. The Kier molecular flexibility index (Phi) is 3.52. The minimum Gasteiger partial charge on any atom is -0.451 e. The lowest BCUT2D eigenvalue weighted by molar-refractivity contribution is 0.407. The fourth-order valence-corrected chi connectivity index (χ4v) is 2.14. The molecule has 0 bridgehead atoms. The normalized spacial score (nSPS) is 10.8. The number of ether oxygens (including phenoxy) is 1. The summed E-state index contributed by atoms with van der Waals surface area (Å²) in [6.45, 7) is 1.84. The van der Waals surface area contributed by atoms with Gasteiger partial charge >= 0.3 is 0 Å². The van der Waals surface area contributed by atoms with Crippen LogP contribution in [0.3, 0.4) is 0 Å². The van der Waals surface area contributed by atoms with Crippen LogP contribution in [-0.2, 0) is 6.42 Å². The van der Waals surface area contributed by atoms with Crippen molar-refractivity contribution in [3.05, 3.63) is 65.9 Å². The van der Waals surface area contributed by atoms with E-state index in [9.17, 15) is 8.78 Å². The van der Waals surface area contributed by atoms with Gasteiger partial charge in [0.05, 0.1) is 5.52 Å². The maximum atomic E-state index is 13.9. The van der Waals surface area contributed by atoms with E-state index < -0.39 is 11.6 Å². The van der Waals surface area contributed by atoms with Crippen molar-refractivity contribution in [2.24, 2.45) is 0 Å². The minimum absolute atomic E-state index is 0.350. The van der Waals surface area contributed by atoms with Gasteiger partial charge in [0, 0.05) is 17.6 Å². The molecule has 0 unspecified atom stereocenters. The van der Waals surface area contributed by atoms with Gasteiger partial charge in [-0.15, -0.1) is 0 Å². The number of pyridine rings is 1. The average Bonchev–Trinajstić information content (AvgIpc) is 2.50. The first kappa shape index (κ1) is 13.5. The Morgan fingerprint density at radius 1 is 1.05 bits per heavy atom. The van der Waals surface area contributed by atoms with Crippen LogP contribution in [0.15, 0.2) is 48.7 Å². The zero-order chi connectivity index (χ0) is 14.8. The molecule has 21 heavy (non-hydrogen) atoms. The van der Waals surface area contributed by atoms with Crippen molar-refractivity contribution in [2.45, 2.75) is 13.3 Å². The maximum absolute atomic E-state index is 13.9. The summed E-state index contributed by atoms with van der Waals surface area (Å²) in [5, 5.41) is 0.937. The quantitative estimate of drug-likeness (QED) is 0.685. The van der Waals surface area contributed by atoms with Crippen LogP contribution in [0.4, 0.5) is 8.78 Å². The lowest BCUT2D eigenvalue weighted by Gasteiger charge is -2.10. The fraction of sp³-hybridized carbons (Fsp3) is 0.118. The number of rotatable bonds is 3. The summed E-state index contributed by atoms with van der Waals surface area (Å²) in [6, 6.07) is 11.4. The summed E-state index contributed by atoms with van der Waals surface area (Å²) >= 11 is 0. The third kappa shape index (κ3) is 2.70.